The summed E-state index contributed by atoms with van der Waals surface area (Å²) < 4.78 is 28.9. The third-order valence-corrected chi connectivity index (χ3v) is 6.38. The number of aromatic nitrogens is 3. The van der Waals surface area contributed by atoms with Gasteiger partial charge in [0.05, 0.1) is 11.4 Å². The molecule has 30 heavy (non-hydrogen) atoms. The molecule has 1 aliphatic heterocycles. The number of hydrogen-bond donors (Lipinski definition) is 2. The highest BCUT2D eigenvalue weighted by Crippen LogP contribution is 2.35. The van der Waals surface area contributed by atoms with Gasteiger partial charge in [-0.3, -0.25) is 0 Å². The highest BCUT2D eigenvalue weighted by molar-refractivity contribution is 5.86. The molecule has 0 saturated heterocycles. The summed E-state index contributed by atoms with van der Waals surface area (Å²) in [5.41, 5.74) is 11.7. The number of nitrogens with one attached hydrogen (secondary N) is 1. The van der Waals surface area contributed by atoms with Crippen LogP contribution in [0.1, 0.15) is 54.0 Å². The fourth-order valence-electron chi connectivity index (χ4n) is 4.81. The van der Waals surface area contributed by atoms with E-state index in [1.807, 2.05) is 12.3 Å². The monoisotopic (exact) mass is 409 g/mol. The summed E-state index contributed by atoms with van der Waals surface area (Å²) in [5, 5.41) is 4.25. The lowest BCUT2D eigenvalue weighted by atomic mass is 9.90. The number of nitrogens with zero attached hydrogens (tertiary/aromatic N) is 3. The van der Waals surface area contributed by atoms with E-state index in [2.05, 4.69) is 25.9 Å². The molecule has 5 rings (SSSR count). The Balaban J connectivity index is 1.36. The fraction of sp³-hybridized carbons (Fsp3) is 0.391. The Morgan fingerprint density at radius 1 is 1.20 bits per heavy atom. The topological polar surface area (TPSA) is 68.8 Å². The molecule has 0 bridgehead atoms. The summed E-state index contributed by atoms with van der Waals surface area (Å²) >= 11 is 0. The van der Waals surface area contributed by atoms with Crippen LogP contribution in [0, 0.1) is 0 Å². The Bertz CT molecular complexity index is 1120. The van der Waals surface area contributed by atoms with E-state index in [1.54, 1.807) is 12.1 Å². The highest BCUT2D eigenvalue weighted by atomic mass is 19.3. The molecule has 156 valence electrons. The van der Waals surface area contributed by atoms with Crippen LogP contribution in [0.2, 0.25) is 0 Å². The first-order valence-corrected chi connectivity index (χ1v) is 10.5. The molecule has 0 amide bonds. The fourth-order valence-corrected chi connectivity index (χ4v) is 4.81. The average Bonchev–Trinajstić information content (AvgIpc) is 3.39. The molecular formula is C23H25F2N5. The van der Waals surface area contributed by atoms with Gasteiger partial charge < -0.3 is 15.6 Å². The van der Waals surface area contributed by atoms with E-state index >= 15 is 0 Å². The molecule has 0 fully saturated rings. The number of allylic oxidation sites excluding steroid dienone is 2. The van der Waals surface area contributed by atoms with Gasteiger partial charge in [-0.1, -0.05) is 11.6 Å². The minimum absolute atomic E-state index is 0.153. The summed E-state index contributed by atoms with van der Waals surface area (Å²) in [7, 11) is 0. The van der Waals surface area contributed by atoms with Crippen LogP contribution < -0.4 is 11.1 Å². The van der Waals surface area contributed by atoms with Crippen molar-refractivity contribution in [3.63, 3.8) is 0 Å². The summed E-state index contributed by atoms with van der Waals surface area (Å²) in [6.45, 7) is 1.62. The number of rotatable bonds is 5. The van der Waals surface area contributed by atoms with Crippen molar-refractivity contribution in [1.82, 2.24) is 19.9 Å². The molecular weight excluding hydrogens is 384 g/mol. The summed E-state index contributed by atoms with van der Waals surface area (Å²) in [6.07, 6.45) is 7.94. The molecule has 5 nitrogen and oxygen atoms in total. The van der Waals surface area contributed by atoms with Crippen LogP contribution in [-0.4, -0.2) is 21.1 Å². The van der Waals surface area contributed by atoms with Gasteiger partial charge in [0.2, 0.25) is 0 Å². The summed E-state index contributed by atoms with van der Waals surface area (Å²) in [6, 6.07) is 5.61. The van der Waals surface area contributed by atoms with Crippen LogP contribution in [0.3, 0.4) is 0 Å². The molecule has 1 atom stereocenters. The second-order valence-corrected chi connectivity index (χ2v) is 8.20. The largest absolute Gasteiger partial charge is 0.383 e. The van der Waals surface area contributed by atoms with Crippen LogP contribution in [0.25, 0.3) is 11.0 Å². The predicted octanol–water partition coefficient (Wildman–Crippen LogP) is 4.49. The molecule has 3 aromatic rings. The Kier molecular flexibility index (Phi) is 4.98. The van der Waals surface area contributed by atoms with Crippen molar-refractivity contribution in [3.05, 3.63) is 64.6 Å². The van der Waals surface area contributed by atoms with Gasteiger partial charge in [0.25, 0.3) is 6.43 Å². The summed E-state index contributed by atoms with van der Waals surface area (Å²) in [5.74, 6) is 0.498. The number of aryl methyl sites for hydroxylation is 1. The Labute approximate surface area is 174 Å². The molecule has 1 aliphatic carbocycles. The average molecular weight is 409 g/mol. The van der Waals surface area contributed by atoms with Gasteiger partial charge in [-0.05, 0) is 73.5 Å². The number of nitrogen functional groups attached to an aromatic ring is 1. The van der Waals surface area contributed by atoms with Crippen molar-refractivity contribution in [3.8, 4) is 0 Å². The van der Waals surface area contributed by atoms with Crippen molar-refractivity contribution in [2.75, 3.05) is 12.3 Å². The van der Waals surface area contributed by atoms with Gasteiger partial charge >= 0.3 is 0 Å². The smallest absolute Gasteiger partial charge is 0.263 e. The van der Waals surface area contributed by atoms with Gasteiger partial charge in [-0.2, -0.15) is 0 Å². The number of halogens is 2. The van der Waals surface area contributed by atoms with Gasteiger partial charge in [-0.15, -0.1) is 0 Å². The van der Waals surface area contributed by atoms with Gasteiger partial charge in [0.15, 0.2) is 0 Å². The lowest BCUT2D eigenvalue weighted by Gasteiger charge is -2.22. The number of fused-ring (bicyclic) bond motifs is 2. The molecule has 7 heteroatoms. The zero-order valence-electron chi connectivity index (χ0n) is 16.7. The number of hydrogen-bond acceptors (Lipinski definition) is 4. The Hall–Kier alpha value is -2.80. The van der Waals surface area contributed by atoms with E-state index in [9.17, 15) is 8.78 Å². The zero-order valence-corrected chi connectivity index (χ0v) is 16.7. The molecule has 2 aromatic heterocycles. The SMILES string of the molecule is Nc1ncnc2c1ccn2[C@@H]1C=C(CCc2cc(C(F)F)cc3c2CNCC3)CC1. The van der Waals surface area contributed by atoms with Crippen molar-refractivity contribution < 1.29 is 8.78 Å². The van der Waals surface area contributed by atoms with Crippen LogP contribution in [0.5, 0.6) is 0 Å². The molecule has 3 heterocycles. The van der Waals surface area contributed by atoms with Crippen molar-refractivity contribution in [2.24, 2.45) is 0 Å². The maximum absolute atomic E-state index is 13.4. The van der Waals surface area contributed by atoms with Crippen molar-refractivity contribution in [1.29, 1.82) is 0 Å². The van der Waals surface area contributed by atoms with Crippen LogP contribution in [0.15, 0.2) is 42.4 Å². The van der Waals surface area contributed by atoms with Crippen LogP contribution in [-0.2, 0) is 19.4 Å². The molecule has 2 aliphatic rings. The Morgan fingerprint density at radius 2 is 2.10 bits per heavy atom. The first-order chi connectivity index (χ1) is 14.6. The second-order valence-electron chi connectivity index (χ2n) is 8.20. The van der Waals surface area contributed by atoms with E-state index < -0.39 is 6.43 Å². The van der Waals surface area contributed by atoms with E-state index in [4.69, 9.17) is 5.73 Å². The number of anilines is 1. The standard InChI is InChI=1S/C23H25F2N5/c24-21(25)17-10-15(20-12-27-7-5-16(20)11-17)3-1-14-2-4-18(9-14)30-8-6-19-22(26)28-13-29-23(19)30/h6,8-11,13,18,21,27H,1-5,7,12H2,(H2,26,28,29)/t18-/m0/s1. The van der Waals surface area contributed by atoms with Gasteiger partial charge in [-0.25, -0.2) is 18.7 Å². The quantitative estimate of drug-likeness (QED) is 0.609. The zero-order chi connectivity index (χ0) is 20.7. The minimum Gasteiger partial charge on any atom is -0.383 e. The third-order valence-electron chi connectivity index (χ3n) is 6.38. The van der Waals surface area contributed by atoms with Crippen molar-refractivity contribution >= 4 is 16.9 Å². The van der Waals surface area contributed by atoms with Crippen LogP contribution >= 0.6 is 0 Å². The third kappa shape index (κ3) is 3.47. The van der Waals surface area contributed by atoms with Crippen LogP contribution in [0.4, 0.5) is 14.6 Å². The van der Waals surface area contributed by atoms with E-state index in [0.717, 1.165) is 67.4 Å². The number of nitrogens with two attached hydrogens (primary N) is 1. The molecule has 1 aromatic carbocycles. The Morgan fingerprint density at radius 3 is 2.97 bits per heavy atom. The molecule has 0 saturated carbocycles. The normalized spacial score (nSPS) is 18.8. The summed E-state index contributed by atoms with van der Waals surface area (Å²) in [4.78, 5) is 8.46. The first kappa shape index (κ1) is 19.2. The second kappa shape index (κ2) is 7.80. The van der Waals surface area contributed by atoms with Gasteiger partial charge in [0, 0.05) is 18.3 Å². The molecule has 0 spiro atoms. The number of benzene rings is 1. The van der Waals surface area contributed by atoms with E-state index in [1.165, 1.54) is 17.5 Å². The molecule has 0 radical (unpaired) electrons. The minimum atomic E-state index is -2.42. The van der Waals surface area contributed by atoms with Crippen molar-refractivity contribution in [2.45, 2.75) is 51.1 Å². The maximum Gasteiger partial charge on any atom is 0.263 e. The predicted molar refractivity (Wildman–Crippen MR) is 113 cm³/mol. The maximum atomic E-state index is 13.4. The molecule has 0 unspecified atom stereocenters. The highest BCUT2D eigenvalue weighted by Gasteiger charge is 2.22. The van der Waals surface area contributed by atoms with E-state index in [-0.39, 0.29) is 11.6 Å². The number of alkyl halides is 2. The lowest BCUT2D eigenvalue weighted by Crippen LogP contribution is -2.25. The first-order valence-electron chi connectivity index (χ1n) is 10.5. The molecule has 3 N–H and O–H groups in total. The lowest BCUT2D eigenvalue weighted by molar-refractivity contribution is 0.151. The van der Waals surface area contributed by atoms with E-state index in [0.29, 0.717) is 5.82 Å². The van der Waals surface area contributed by atoms with Gasteiger partial charge in [0.1, 0.15) is 17.8 Å².